The van der Waals surface area contributed by atoms with Gasteiger partial charge in [-0.1, -0.05) is 0 Å². The third-order valence-corrected chi connectivity index (χ3v) is 5.63. The van der Waals surface area contributed by atoms with Crippen molar-refractivity contribution < 1.29 is 4.39 Å². The van der Waals surface area contributed by atoms with Gasteiger partial charge in [-0.05, 0) is 37.0 Å². The van der Waals surface area contributed by atoms with Crippen LogP contribution in [0.2, 0.25) is 0 Å². The van der Waals surface area contributed by atoms with E-state index in [1.165, 1.54) is 12.1 Å². The summed E-state index contributed by atoms with van der Waals surface area (Å²) in [5.41, 5.74) is 1.24. The zero-order valence-electron chi connectivity index (χ0n) is 15.6. The van der Waals surface area contributed by atoms with E-state index in [4.69, 9.17) is 0 Å². The fraction of sp³-hybridized carbons (Fsp3) is 0.450. The van der Waals surface area contributed by atoms with Crippen molar-refractivity contribution in [2.75, 3.05) is 48.4 Å². The van der Waals surface area contributed by atoms with Gasteiger partial charge in [-0.25, -0.2) is 14.4 Å². The van der Waals surface area contributed by atoms with Crippen LogP contribution in [0.1, 0.15) is 18.4 Å². The lowest BCUT2D eigenvalue weighted by atomic mass is 9.92. The predicted octanol–water partition coefficient (Wildman–Crippen LogP) is 2.66. The van der Waals surface area contributed by atoms with Gasteiger partial charge in [-0.15, -0.1) is 0 Å². The zero-order valence-corrected chi connectivity index (χ0v) is 15.6. The van der Waals surface area contributed by atoms with E-state index in [9.17, 15) is 9.65 Å². The van der Waals surface area contributed by atoms with Gasteiger partial charge in [0, 0.05) is 52.2 Å². The molecule has 1 aromatic carbocycles. The molecular formula is C20H23FN6. The van der Waals surface area contributed by atoms with Crippen molar-refractivity contribution in [3.63, 3.8) is 0 Å². The summed E-state index contributed by atoms with van der Waals surface area (Å²) in [7, 11) is 3.94. The highest BCUT2D eigenvalue weighted by Crippen LogP contribution is 2.38. The van der Waals surface area contributed by atoms with Gasteiger partial charge < -0.3 is 14.7 Å². The zero-order chi connectivity index (χ0) is 19.0. The Bertz CT molecular complexity index is 877. The molecule has 0 amide bonds. The van der Waals surface area contributed by atoms with E-state index in [0.29, 0.717) is 11.5 Å². The molecule has 2 aromatic rings. The molecule has 7 heteroatoms. The van der Waals surface area contributed by atoms with Crippen LogP contribution in [0.4, 0.5) is 21.7 Å². The van der Waals surface area contributed by atoms with Gasteiger partial charge in [-0.3, -0.25) is 0 Å². The average molecular weight is 366 g/mol. The summed E-state index contributed by atoms with van der Waals surface area (Å²) in [4.78, 5) is 15.6. The number of aromatic nitrogens is 2. The smallest absolute Gasteiger partial charge is 0.172 e. The second-order valence-electron chi connectivity index (χ2n) is 7.42. The molecular weight excluding hydrogens is 343 g/mol. The number of rotatable bonds is 3. The summed E-state index contributed by atoms with van der Waals surface area (Å²) >= 11 is 0. The largest absolute Gasteiger partial charge is 0.365 e. The second kappa shape index (κ2) is 7.03. The highest BCUT2D eigenvalue weighted by atomic mass is 19.1. The Morgan fingerprint density at radius 3 is 2.74 bits per heavy atom. The first-order valence-corrected chi connectivity index (χ1v) is 9.28. The number of benzene rings is 1. The number of fused-ring (bicyclic) bond motifs is 1. The fourth-order valence-electron chi connectivity index (χ4n) is 4.34. The van der Waals surface area contributed by atoms with Gasteiger partial charge in [-0.2, -0.15) is 5.26 Å². The predicted molar refractivity (Wildman–Crippen MR) is 104 cm³/mol. The van der Waals surface area contributed by atoms with Crippen molar-refractivity contribution >= 4 is 17.3 Å². The van der Waals surface area contributed by atoms with Crippen molar-refractivity contribution in [2.45, 2.75) is 18.9 Å². The molecule has 2 saturated heterocycles. The van der Waals surface area contributed by atoms with Gasteiger partial charge >= 0.3 is 0 Å². The molecule has 2 aliphatic rings. The van der Waals surface area contributed by atoms with Crippen molar-refractivity contribution in [1.29, 1.82) is 5.26 Å². The van der Waals surface area contributed by atoms with Crippen LogP contribution in [-0.2, 0) is 0 Å². The first-order valence-electron chi connectivity index (χ1n) is 9.28. The Balaban J connectivity index is 1.63. The number of piperidine rings is 1. The third kappa shape index (κ3) is 3.16. The number of halogens is 1. The Morgan fingerprint density at radius 2 is 1.96 bits per heavy atom. The Hall–Kier alpha value is -2.88. The van der Waals surface area contributed by atoms with E-state index in [0.717, 1.165) is 49.8 Å². The van der Waals surface area contributed by atoms with Crippen molar-refractivity contribution in [1.82, 2.24) is 9.97 Å². The minimum Gasteiger partial charge on any atom is -0.365 e. The molecule has 0 N–H and O–H groups in total. The number of anilines is 3. The van der Waals surface area contributed by atoms with E-state index in [2.05, 4.69) is 25.8 Å². The van der Waals surface area contributed by atoms with E-state index in [1.54, 1.807) is 18.5 Å². The van der Waals surface area contributed by atoms with Crippen LogP contribution in [0.15, 0.2) is 30.6 Å². The van der Waals surface area contributed by atoms with E-state index < -0.39 is 0 Å². The summed E-state index contributed by atoms with van der Waals surface area (Å²) in [6.07, 6.45) is 5.62. The SMILES string of the molecule is CN(C)c1nccnc1N1CCC2CCN(c3ccc(F)cc3C#N)C2C1. The molecule has 0 saturated carbocycles. The molecule has 4 rings (SSSR count). The highest BCUT2D eigenvalue weighted by molar-refractivity contribution is 5.64. The van der Waals surface area contributed by atoms with Gasteiger partial charge in [0.1, 0.15) is 11.9 Å². The van der Waals surface area contributed by atoms with Crippen molar-refractivity contribution in [3.8, 4) is 6.07 Å². The van der Waals surface area contributed by atoms with Gasteiger partial charge in [0.2, 0.25) is 0 Å². The average Bonchev–Trinajstić information content (AvgIpc) is 3.10. The van der Waals surface area contributed by atoms with Gasteiger partial charge in [0.15, 0.2) is 11.6 Å². The van der Waals surface area contributed by atoms with Crippen molar-refractivity contribution in [2.24, 2.45) is 5.92 Å². The maximum absolute atomic E-state index is 13.6. The van der Waals surface area contributed by atoms with Crippen LogP contribution in [0, 0.1) is 23.1 Å². The normalized spacial score (nSPS) is 21.7. The maximum atomic E-state index is 13.6. The van der Waals surface area contributed by atoms with Crippen LogP contribution in [-0.4, -0.2) is 49.7 Å². The molecule has 2 fully saturated rings. The molecule has 0 bridgehead atoms. The first kappa shape index (κ1) is 17.5. The molecule has 0 spiro atoms. The topological polar surface area (TPSA) is 59.3 Å². The van der Waals surface area contributed by atoms with E-state index >= 15 is 0 Å². The monoisotopic (exact) mass is 366 g/mol. The Kier molecular flexibility index (Phi) is 4.56. The summed E-state index contributed by atoms with van der Waals surface area (Å²) in [6, 6.07) is 6.95. The summed E-state index contributed by atoms with van der Waals surface area (Å²) in [6.45, 7) is 2.67. The van der Waals surface area contributed by atoms with E-state index in [-0.39, 0.29) is 11.9 Å². The lowest BCUT2D eigenvalue weighted by molar-refractivity contribution is 0.389. The summed E-state index contributed by atoms with van der Waals surface area (Å²) in [5.74, 6) is 1.97. The molecule has 2 atom stereocenters. The van der Waals surface area contributed by atoms with Crippen molar-refractivity contribution in [3.05, 3.63) is 42.0 Å². The minimum atomic E-state index is -0.369. The summed E-state index contributed by atoms with van der Waals surface area (Å²) in [5, 5.41) is 9.45. The van der Waals surface area contributed by atoms with E-state index in [1.807, 2.05) is 19.0 Å². The molecule has 2 unspecified atom stereocenters. The first-order chi connectivity index (χ1) is 13.1. The molecule has 6 nitrogen and oxygen atoms in total. The van der Waals surface area contributed by atoms with Crippen LogP contribution in [0.25, 0.3) is 0 Å². The summed E-state index contributed by atoms with van der Waals surface area (Å²) < 4.78 is 13.6. The van der Waals surface area contributed by atoms with Gasteiger partial charge in [0.25, 0.3) is 0 Å². The number of nitriles is 1. The van der Waals surface area contributed by atoms with Gasteiger partial charge in [0.05, 0.1) is 11.3 Å². The molecule has 27 heavy (non-hydrogen) atoms. The number of nitrogens with zero attached hydrogens (tertiary/aromatic N) is 6. The van der Waals surface area contributed by atoms with Crippen LogP contribution < -0.4 is 14.7 Å². The fourth-order valence-corrected chi connectivity index (χ4v) is 4.34. The molecule has 0 aliphatic carbocycles. The number of hydrogen-bond acceptors (Lipinski definition) is 6. The maximum Gasteiger partial charge on any atom is 0.172 e. The minimum absolute atomic E-state index is 0.285. The van der Waals surface area contributed by atoms with Crippen LogP contribution in [0.3, 0.4) is 0 Å². The molecule has 1 aromatic heterocycles. The lowest BCUT2D eigenvalue weighted by Crippen LogP contribution is -2.49. The molecule has 2 aliphatic heterocycles. The second-order valence-corrected chi connectivity index (χ2v) is 7.42. The molecule has 3 heterocycles. The Morgan fingerprint density at radius 1 is 1.19 bits per heavy atom. The third-order valence-electron chi connectivity index (χ3n) is 5.63. The highest BCUT2D eigenvalue weighted by Gasteiger charge is 2.40. The van der Waals surface area contributed by atoms with Crippen LogP contribution >= 0.6 is 0 Å². The van der Waals surface area contributed by atoms with Crippen LogP contribution in [0.5, 0.6) is 0 Å². The lowest BCUT2D eigenvalue weighted by Gasteiger charge is -2.40. The standard InChI is InChI=1S/C20H23FN6/c1-25(2)19-20(24-8-7-23-19)26-9-5-14-6-10-27(18(14)13-26)17-4-3-16(21)11-15(17)12-22/h3-4,7-8,11,14,18H,5-6,9-10,13H2,1-2H3. The number of hydrogen-bond donors (Lipinski definition) is 0. The Labute approximate surface area is 158 Å². The quantitative estimate of drug-likeness (QED) is 0.832. The molecule has 0 radical (unpaired) electrons. The molecule has 140 valence electrons.